The minimum Gasteiger partial charge on any atom is -0.467 e. The highest BCUT2D eigenvalue weighted by Crippen LogP contribution is 2.51. The predicted octanol–water partition coefficient (Wildman–Crippen LogP) is 4.61. The van der Waals surface area contributed by atoms with Crippen LogP contribution in [0.25, 0.3) is 22.2 Å². The molecule has 0 saturated carbocycles. The van der Waals surface area contributed by atoms with Gasteiger partial charge in [-0.15, -0.1) is 0 Å². The van der Waals surface area contributed by atoms with E-state index in [1.165, 1.54) is 0 Å². The fourth-order valence-electron chi connectivity index (χ4n) is 4.80. The van der Waals surface area contributed by atoms with E-state index in [9.17, 15) is 0 Å². The highest BCUT2D eigenvalue weighted by atomic mass is 32.1. The van der Waals surface area contributed by atoms with Gasteiger partial charge in [-0.3, -0.25) is 0 Å². The monoisotopic (exact) mass is 428 g/mol. The average Bonchev–Trinajstić information content (AvgIpc) is 3.22. The van der Waals surface area contributed by atoms with Crippen molar-refractivity contribution in [3.63, 3.8) is 0 Å². The summed E-state index contributed by atoms with van der Waals surface area (Å²) in [5.41, 5.74) is 2.28. The number of nitrogens with one attached hydrogen (secondary N) is 2. The zero-order chi connectivity index (χ0) is 21.2. The van der Waals surface area contributed by atoms with Crippen LogP contribution in [0, 0.1) is 6.92 Å². The van der Waals surface area contributed by atoms with Gasteiger partial charge >= 0.3 is 0 Å². The maximum Gasteiger partial charge on any atom is 0.238 e. The summed E-state index contributed by atoms with van der Waals surface area (Å²) in [5, 5.41) is 13.8. The van der Waals surface area contributed by atoms with Crippen LogP contribution >= 0.6 is 12.2 Å². The summed E-state index contributed by atoms with van der Waals surface area (Å²) in [6.45, 7) is 4.02. The summed E-state index contributed by atoms with van der Waals surface area (Å²) in [5.74, 6) is 1.62. The first-order valence-electron chi connectivity index (χ1n) is 10.2. The van der Waals surface area contributed by atoms with Crippen LogP contribution in [0.2, 0.25) is 0 Å². The molecule has 3 unspecified atom stereocenters. The van der Waals surface area contributed by atoms with Gasteiger partial charge in [0.2, 0.25) is 11.7 Å². The second-order valence-corrected chi connectivity index (χ2v) is 8.64. The Kier molecular flexibility index (Phi) is 3.86. The molecule has 7 heteroatoms. The predicted molar refractivity (Wildman–Crippen MR) is 122 cm³/mol. The first-order valence-corrected chi connectivity index (χ1v) is 10.6. The highest BCUT2D eigenvalue weighted by Gasteiger charge is 2.55. The molecule has 1 saturated heterocycles. The molecule has 0 spiro atoms. The number of fused-ring (bicyclic) bond motifs is 6. The van der Waals surface area contributed by atoms with E-state index in [1.807, 2.05) is 56.3 Å². The van der Waals surface area contributed by atoms with Crippen LogP contribution in [0.1, 0.15) is 35.9 Å². The first-order chi connectivity index (χ1) is 15.0. The van der Waals surface area contributed by atoms with Crippen LogP contribution in [0.3, 0.4) is 0 Å². The number of hydrogen-bond acceptors (Lipinski definition) is 5. The quantitative estimate of drug-likeness (QED) is 0.452. The molecule has 2 N–H and O–H groups in total. The Bertz CT molecular complexity index is 1350. The molecule has 2 bridgehead atoms. The van der Waals surface area contributed by atoms with Gasteiger partial charge in [-0.2, -0.15) is 4.98 Å². The largest absolute Gasteiger partial charge is 0.467 e. The molecule has 3 heterocycles. The minimum atomic E-state index is -0.821. The molecular weight excluding hydrogens is 408 g/mol. The third-order valence-corrected chi connectivity index (χ3v) is 6.45. The van der Waals surface area contributed by atoms with E-state index in [1.54, 1.807) is 0 Å². The summed E-state index contributed by atoms with van der Waals surface area (Å²) in [6, 6.07) is 20.2. The van der Waals surface area contributed by atoms with Gasteiger partial charge in [0, 0.05) is 11.1 Å². The van der Waals surface area contributed by atoms with Crippen LogP contribution in [0.5, 0.6) is 5.75 Å². The molecule has 3 aromatic carbocycles. The van der Waals surface area contributed by atoms with Crippen molar-refractivity contribution >= 4 is 28.1 Å². The standard InChI is InChI=1S/C24H20N4O2S/c1-13-7-3-5-9-15(13)21-26-22(30-28-21)19-20-18-16-10-6-4-8-14(16)11-12-17(18)29-24(19,2)27-23(31)25-20/h3-12,19-20H,1-2H3,(H2,25,27,31). The molecule has 0 radical (unpaired) electrons. The van der Waals surface area contributed by atoms with Crippen molar-refractivity contribution in [3.8, 4) is 17.1 Å². The number of ether oxygens (including phenoxy) is 1. The Hall–Kier alpha value is -3.45. The average molecular weight is 429 g/mol. The molecule has 2 aliphatic rings. The van der Waals surface area contributed by atoms with Crippen LogP contribution in [-0.4, -0.2) is 21.0 Å². The van der Waals surface area contributed by atoms with Crippen molar-refractivity contribution in [2.24, 2.45) is 0 Å². The topological polar surface area (TPSA) is 72.2 Å². The van der Waals surface area contributed by atoms with Gasteiger partial charge in [0.1, 0.15) is 11.7 Å². The zero-order valence-corrected chi connectivity index (χ0v) is 17.9. The fourth-order valence-corrected chi connectivity index (χ4v) is 5.13. The number of aryl methyl sites for hydroxylation is 1. The molecular formula is C24H20N4O2S. The molecule has 154 valence electrons. The number of nitrogens with zero attached hydrogens (tertiary/aromatic N) is 2. The number of rotatable bonds is 2. The van der Waals surface area contributed by atoms with Gasteiger partial charge in [-0.25, -0.2) is 0 Å². The normalized spacial score (nSPS) is 24.1. The Balaban J connectivity index is 1.53. The third-order valence-electron chi connectivity index (χ3n) is 6.23. The molecule has 4 aromatic rings. The Labute approximate surface area is 184 Å². The zero-order valence-electron chi connectivity index (χ0n) is 17.0. The van der Waals surface area contributed by atoms with Crippen molar-refractivity contribution in [3.05, 3.63) is 77.7 Å². The Morgan fingerprint density at radius 2 is 1.84 bits per heavy atom. The fraction of sp³-hybridized carbons (Fsp3) is 0.208. The number of aromatic nitrogens is 2. The van der Waals surface area contributed by atoms with Crippen LogP contribution in [0.15, 0.2) is 65.2 Å². The van der Waals surface area contributed by atoms with Crippen LogP contribution in [-0.2, 0) is 0 Å². The molecule has 1 fully saturated rings. The lowest BCUT2D eigenvalue weighted by molar-refractivity contribution is -0.00961. The van der Waals surface area contributed by atoms with E-state index in [0.717, 1.165) is 33.2 Å². The third kappa shape index (κ3) is 2.73. The van der Waals surface area contributed by atoms with Crippen molar-refractivity contribution in [2.45, 2.75) is 31.5 Å². The lowest BCUT2D eigenvalue weighted by atomic mass is 9.79. The molecule has 0 amide bonds. The highest BCUT2D eigenvalue weighted by molar-refractivity contribution is 7.80. The summed E-state index contributed by atoms with van der Waals surface area (Å²) >= 11 is 5.52. The van der Waals surface area contributed by atoms with Gasteiger partial charge in [0.25, 0.3) is 0 Å². The first kappa shape index (κ1) is 18.3. The SMILES string of the molecule is Cc1ccccc1-c1noc(C2C3NC(=S)NC2(C)Oc2ccc4ccccc4c23)n1. The van der Waals surface area contributed by atoms with Crippen molar-refractivity contribution in [1.29, 1.82) is 0 Å². The smallest absolute Gasteiger partial charge is 0.238 e. The molecule has 3 atom stereocenters. The van der Waals surface area contributed by atoms with E-state index >= 15 is 0 Å². The van der Waals surface area contributed by atoms with Gasteiger partial charge in [0.05, 0.1) is 6.04 Å². The summed E-state index contributed by atoms with van der Waals surface area (Å²) in [6.07, 6.45) is 0. The molecule has 31 heavy (non-hydrogen) atoms. The molecule has 6 nitrogen and oxygen atoms in total. The van der Waals surface area contributed by atoms with E-state index in [4.69, 9.17) is 26.5 Å². The van der Waals surface area contributed by atoms with Gasteiger partial charge in [-0.1, -0.05) is 59.8 Å². The van der Waals surface area contributed by atoms with E-state index in [-0.39, 0.29) is 12.0 Å². The minimum absolute atomic E-state index is 0.168. The van der Waals surface area contributed by atoms with Crippen LogP contribution < -0.4 is 15.4 Å². The molecule has 1 aromatic heterocycles. The van der Waals surface area contributed by atoms with Gasteiger partial charge < -0.3 is 19.9 Å². The van der Waals surface area contributed by atoms with E-state index in [2.05, 4.69) is 34.0 Å². The molecule has 6 rings (SSSR count). The molecule has 2 aliphatic heterocycles. The Morgan fingerprint density at radius 3 is 2.71 bits per heavy atom. The van der Waals surface area contributed by atoms with Gasteiger partial charge in [-0.05, 0) is 48.5 Å². The summed E-state index contributed by atoms with van der Waals surface area (Å²) in [4.78, 5) is 4.79. The maximum absolute atomic E-state index is 6.51. The molecule has 0 aliphatic carbocycles. The lowest BCUT2D eigenvalue weighted by Crippen LogP contribution is -2.67. The maximum atomic E-state index is 6.51. The summed E-state index contributed by atoms with van der Waals surface area (Å²) < 4.78 is 12.3. The Morgan fingerprint density at radius 1 is 1.03 bits per heavy atom. The van der Waals surface area contributed by atoms with Crippen molar-refractivity contribution in [1.82, 2.24) is 20.8 Å². The van der Waals surface area contributed by atoms with Crippen molar-refractivity contribution in [2.75, 3.05) is 0 Å². The van der Waals surface area contributed by atoms with Crippen molar-refractivity contribution < 1.29 is 9.26 Å². The lowest BCUT2D eigenvalue weighted by Gasteiger charge is -2.50. The number of thiocarbonyl (C=S) groups is 1. The van der Waals surface area contributed by atoms with Gasteiger partial charge in [0.15, 0.2) is 10.8 Å². The van der Waals surface area contributed by atoms with E-state index in [0.29, 0.717) is 16.8 Å². The second-order valence-electron chi connectivity index (χ2n) is 8.23. The second kappa shape index (κ2) is 6.52. The number of benzene rings is 3. The number of hydrogen-bond donors (Lipinski definition) is 2. The van der Waals surface area contributed by atoms with Crippen LogP contribution in [0.4, 0.5) is 0 Å². The van der Waals surface area contributed by atoms with E-state index < -0.39 is 5.72 Å². The summed E-state index contributed by atoms with van der Waals surface area (Å²) in [7, 11) is 0.